The summed E-state index contributed by atoms with van der Waals surface area (Å²) in [5.41, 5.74) is 7.31. The molecule has 0 aliphatic heterocycles. The molecule has 1 unspecified atom stereocenters. The Morgan fingerprint density at radius 2 is 2.50 bits per heavy atom. The summed E-state index contributed by atoms with van der Waals surface area (Å²) in [6.45, 7) is 0.646. The van der Waals surface area contributed by atoms with E-state index in [9.17, 15) is 5.21 Å². The zero-order valence-electron chi connectivity index (χ0n) is 4.81. The molecule has 4 N–H and O–H groups in total. The van der Waals surface area contributed by atoms with Crippen LogP contribution in [-0.4, -0.2) is 20.2 Å². The van der Waals surface area contributed by atoms with Gasteiger partial charge in [0.15, 0.2) is 0 Å². The molecule has 0 aromatic rings. The zero-order chi connectivity index (χ0) is 6.41. The molecule has 0 spiro atoms. The Balaban J connectivity index is 2.86. The molecular weight excluding hydrogens is 110 g/mol. The largest absolute Gasteiger partial charge is 0.579 e. The second kappa shape index (κ2) is 4.95. The normalized spacial score (nSPS) is 13.9. The van der Waals surface area contributed by atoms with E-state index in [2.05, 4.69) is 10.3 Å². The summed E-state index contributed by atoms with van der Waals surface area (Å²) >= 11 is 0. The summed E-state index contributed by atoms with van der Waals surface area (Å²) < 4.78 is 0. The zero-order valence-corrected chi connectivity index (χ0v) is 4.81. The SMILES string of the molecule is CN[NH+]([O-])OCCN. The average molecular weight is 121 g/mol. The van der Waals surface area contributed by atoms with E-state index in [1.165, 1.54) is 7.05 Å². The van der Waals surface area contributed by atoms with Crippen LogP contribution >= 0.6 is 0 Å². The van der Waals surface area contributed by atoms with E-state index in [0.717, 1.165) is 0 Å². The third-order valence-corrected chi connectivity index (χ3v) is 0.555. The monoisotopic (exact) mass is 121 g/mol. The number of nitrogens with one attached hydrogen (secondary N) is 2. The van der Waals surface area contributed by atoms with Crippen LogP contribution in [0.2, 0.25) is 0 Å². The molecule has 5 nitrogen and oxygen atoms in total. The third kappa shape index (κ3) is 3.97. The van der Waals surface area contributed by atoms with Crippen molar-refractivity contribution in [2.45, 2.75) is 0 Å². The van der Waals surface area contributed by atoms with Crippen LogP contribution in [0.15, 0.2) is 0 Å². The van der Waals surface area contributed by atoms with E-state index in [1.54, 1.807) is 0 Å². The van der Waals surface area contributed by atoms with Crippen molar-refractivity contribution in [2.75, 3.05) is 20.2 Å². The summed E-state index contributed by atoms with van der Waals surface area (Å²) in [7, 11) is 1.50. The number of rotatable bonds is 4. The van der Waals surface area contributed by atoms with E-state index in [0.29, 0.717) is 6.54 Å². The van der Waals surface area contributed by atoms with E-state index >= 15 is 0 Å². The molecule has 1 atom stereocenters. The Kier molecular flexibility index (Phi) is 4.82. The second-order valence-electron chi connectivity index (χ2n) is 1.17. The highest BCUT2D eigenvalue weighted by atomic mass is 16.9. The van der Waals surface area contributed by atoms with Crippen molar-refractivity contribution in [3.05, 3.63) is 5.21 Å². The van der Waals surface area contributed by atoms with Gasteiger partial charge in [0.25, 0.3) is 0 Å². The molecule has 0 fully saturated rings. The summed E-state index contributed by atoms with van der Waals surface area (Å²) in [6, 6.07) is 0. The smallest absolute Gasteiger partial charge is 0.121 e. The minimum atomic E-state index is -0.435. The van der Waals surface area contributed by atoms with Gasteiger partial charge in [0, 0.05) is 13.6 Å². The minimum absolute atomic E-state index is 0.277. The fourth-order valence-corrected chi connectivity index (χ4v) is 0.224. The maximum atomic E-state index is 10.2. The van der Waals surface area contributed by atoms with E-state index in [1.807, 2.05) is 0 Å². The van der Waals surface area contributed by atoms with Crippen LogP contribution in [0.1, 0.15) is 0 Å². The van der Waals surface area contributed by atoms with Crippen LogP contribution in [0, 0.1) is 5.21 Å². The van der Waals surface area contributed by atoms with Gasteiger partial charge in [0.2, 0.25) is 0 Å². The lowest BCUT2D eigenvalue weighted by Crippen LogP contribution is -3.12. The molecule has 0 aromatic carbocycles. The van der Waals surface area contributed by atoms with Gasteiger partial charge in [-0.15, -0.1) is 10.8 Å². The van der Waals surface area contributed by atoms with Crippen LogP contribution in [0.4, 0.5) is 0 Å². The van der Waals surface area contributed by atoms with E-state index < -0.39 is 5.34 Å². The number of hydrogen-bond acceptors (Lipinski definition) is 4. The fraction of sp³-hybridized carbons (Fsp3) is 1.00. The summed E-state index contributed by atoms with van der Waals surface area (Å²) in [5, 5.41) is 9.75. The van der Waals surface area contributed by atoms with Crippen molar-refractivity contribution >= 4 is 0 Å². The molecular formula is C3H11N3O2. The maximum Gasteiger partial charge on any atom is 0.121 e. The van der Waals surface area contributed by atoms with Crippen LogP contribution in [0.3, 0.4) is 0 Å². The van der Waals surface area contributed by atoms with Gasteiger partial charge in [0.05, 0.1) is 0 Å². The first-order valence-electron chi connectivity index (χ1n) is 2.36. The second-order valence-corrected chi connectivity index (χ2v) is 1.17. The Morgan fingerprint density at radius 1 is 1.88 bits per heavy atom. The summed E-state index contributed by atoms with van der Waals surface area (Å²) in [6.07, 6.45) is 0. The molecule has 8 heavy (non-hydrogen) atoms. The number of hydrogen-bond donors (Lipinski definition) is 3. The summed E-state index contributed by atoms with van der Waals surface area (Å²) in [5.74, 6) is 0. The van der Waals surface area contributed by atoms with Crippen molar-refractivity contribution in [1.82, 2.24) is 5.43 Å². The maximum absolute atomic E-state index is 10.2. The molecule has 0 aromatic heterocycles. The first-order chi connectivity index (χ1) is 3.81. The predicted molar refractivity (Wildman–Crippen MR) is 28.4 cm³/mol. The van der Waals surface area contributed by atoms with Crippen molar-refractivity contribution < 1.29 is 10.2 Å². The van der Waals surface area contributed by atoms with Crippen LogP contribution in [0.25, 0.3) is 0 Å². The average Bonchev–Trinajstić information content (AvgIpc) is 1.83. The van der Waals surface area contributed by atoms with Gasteiger partial charge in [0.1, 0.15) is 6.61 Å². The molecule has 0 radical (unpaired) electrons. The lowest BCUT2D eigenvalue weighted by atomic mass is 10.8. The van der Waals surface area contributed by atoms with Gasteiger partial charge < -0.3 is 10.9 Å². The molecule has 0 amide bonds. The molecule has 0 heterocycles. The Bertz CT molecular complexity index is 51.8. The van der Waals surface area contributed by atoms with Crippen molar-refractivity contribution in [1.29, 1.82) is 0 Å². The van der Waals surface area contributed by atoms with Gasteiger partial charge in [-0.2, -0.15) is 4.84 Å². The Labute approximate surface area is 47.9 Å². The van der Waals surface area contributed by atoms with Crippen molar-refractivity contribution in [2.24, 2.45) is 5.73 Å². The Hall–Kier alpha value is -0.200. The third-order valence-electron chi connectivity index (χ3n) is 0.555. The molecule has 5 heteroatoms. The highest BCUT2D eigenvalue weighted by Gasteiger charge is 1.87. The van der Waals surface area contributed by atoms with Crippen LogP contribution < -0.4 is 16.5 Å². The lowest BCUT2D eigenvalue weighted by Gasteiger charge is -2.15. The van der Waals surface area contributed by atoms with Crippen molar-refractivity contribution in [3.8, 4) is 0 Å². The van der Waals surface area contributed by atoms with Gasteiger partial charge in [-0.25, -0.2) is 0 Å². The quantitative estimate of drug-likeness (QED) is 0.356. The van der Waals surface area contributed by atoms with Gasteiger partial charge in [-0.1, -0.05) is 0 Å². The highest BCUT2D eigenvalue weighted by Crippen LogP contribution is 1.49. The van der Waals surface area contributed by atoms with Gasteiger partial charge >= 0.3 is 0 Å². The predicted octanol–water partition coefficient (Wildman–Crippen LogP) is -2.61. The van der Waals surface area contributed by atoms with Gasteiger partial charge in [-0.05, 0) is 0 Å². The molecule has 0 saturated carbocycles. The molecule has 0 bridgehead atoms. The standard InChI is InChI=1S/C3H11N3O2/c1-5-6(7)8-3-2-4/h5-6H,2-4H2,1H3. The van der Waals surface area contributed by atoms with Crippen molar-refractivity contribution in [3.63, 3.8) is 0 Å². The lowest BCUT2D eigenvalue weighted by molar-refractivity contribution is -1.09. The highest BCUT2D eigenvalue weighted by molar-refractivity contribution is 4.20. The topological polar surface area (TPSA) is 74.8 Å². The first-order valence-corrected chi connectivity index (χ1v) is 2.36. The van der Waals surface area contributed by atoms with Gasteiger partial charge in [-0.3, -0.25) is 0 Å². The number of nitrogens with two attached hydrogens (primary N) is 1. The fourth-order valence-electron chi connectivity index (χ4n) is 0.224. The number of quaternary nitrogens is 1. The molecule has 50 valence electrons. The molecule has 0 saturated heterocycles. The first kappa shape index (κ1) is 7.80. The van der Waals surface area contributed by atoms with Crippen LogP contribution in [0.5, 0.6) is 0 Å². The molecule has 0 aliphatic carbocycles. The minimum Gasteiger partial charge on any atom is -0.579 e. The molecule has 0 rings (SSSR count). The molecule has 0 aliphatic rings. The van der Waals surface area contributed by atoms with Crippen LogP contribution in [-0.2, 0) is 4.84 Å². The summed E-state index contributed by atoms with van der Waals surface area (Å²) in [4.78, 5) is 4.47. The Morgan fingerprint density at radius 3 is 2.88 bits per heavy atom. The van der Waals surface area contributed by atoms with E-state index in [-0.39, 0.29) is 6.61 Å². The van der Waals surface area contributed by atoms with E-state index in [4.69, 9.17) is 5.73 Å².